The lowest BCUT2D eigenvalue weighted by molar-refractivity contribution is 0.563. The summed E-state index contributed by atoms with van der Waals surface area (Å²) in [5, 5.41) is 6.90. The first-order valence-electron chi connectivity index (χ1n) is 3.79. The van der Waals surface area contributed by atoms with Crippen LogP contribution in [0.1, 0.15) is 17.0 Å². The smallest absolute Gasteiger partial charge is 0.234 e. The van der Waals surface area contributed by atoms with Gasteiger partial charge in [0.2, 0.25) is 6.08 Å². The molecule has 4 nitrogen and oxygen atoms in total. The van der Waals surface area contributed by atoms with Crippen LogP contribution in [0.25, 0.3) is 0 Å². The lowest BCUT2D eigenvalue weighted by Gasteiger charge is -1.94. The molecule has 0 fully saturated rings. The van der Waals surface area contributed by atoms with Crippen LogP contribution >= 0.6 is 0 Å². The Labute approximate surface area is 70.7 Å². The number of nitrogens with one attached hydrogen (secondary N) is 1. The Balaban J connectivity index is 2.67. The fourth-order valence-corrected chi connectivity index (χ4v) is 1.16. The third-order valence-corrected chi connectivity index (χ3v) is 1.82. The van der Waals surface area contributed by atoms with Gasteiger partial charge in [0.25, 0.3) is 0 Å². The number of hydrogen-bond acceptors (Lipinski definition) is 3. The van der Waals surface area contributed by atoms with Crippen LogP contribution in [0.4, 0.5) is 0 Å². The Bertz CT molecular complexity index is 291. The van der Waals surface area contributed by atoms with Crippen LogP contribution in [0, 0.1) is 13.8 Å². The third-order valence-electron chi connectivity index (χ3n) is 1.82. The molecule has 0 saturated heterocycles. The van der Waals surface area contributed by atoms with Gasteiger partial charge in [-0.3, -0.25) is 5.10 Å². The number of aryl methyl sites for hydroxylation is 2. The summed E-state index contributed by atoms with van der Waals surface area (Å²) >= 11 is 0. The minimum Gasteiger partial charge on any atom is -0.282 e. The molecule has 12 heavy (non-hydrogen) atoms. The molecule has 0 aliphatic carbocycles. The van der Waals surface area contributed by atoms with Crippen molar-refractivity contribution in [3.63, 3.8) is 0 Å². The van der Waals surface area contributed by atoms with E-state index in [2.05, 4.69) is 15.2 Å². The maximum atomic E-state index is 9.79. The van der Waals surface area contributed by atoms with Crippen molar-refractivity contribution in [2.45, 2.75) is 20.3 Å². The van der Waals surface area contributed by atoms with Crippen molar-refractivity contribution in [2.24, 2.45) is 4.99 Å². The molecule has 1 N–H and O–H groups in total. The van der Waals surface area contributed by atoms with Crippen LogP contribution in [-0.2, 0) is 11.2 Å². The molecule has 4 heteroatoms. The van der Waals surface area contributed by atoms with E-state index in [4.69, 9.17) is 0 Å². The van der Waals surface area contributed by atoms with Crippen LogP contribution in [0.15, 0.2) is 4.99 Å². The Morgan fingerprint density at radius 3 is 2.83 bits per heavy atom. The molecule has 0 saturated carbocycles. The lowest BCUT2D eigenvalue weighted by atomic mass is 10.1. The van der Waals surface area contributed by atoms with E-state index in [1.54, 1.807) is 0 Å². The highest BCUT2D eigenvalue weighted by Crippen LogP contribution is 2.09. The summed E-state index contributed by atoms with van der Waals surface area (Å²) in [5.41, 5.74) is 3.18. The standard InChI is InChI=1S/C8H11N3O/c1-6-8(3-4-9-5-12)7(2)11-10-6/h3-4H2,1-2H3,(H,10,11). The van der Waals surface area contributed by atoms with Crippen molar-refractivity contribution in [1.29, 1.82) is 0 Å². The van der Waals surface area contributed by atoms with Crippen LogP contribution in [0.3, 0.4) is 0 Å². The number of aliphatic imine (C=N–C) groups is 1. The number of rotatable bonds is 3. The molecule has 1 rings (SSSR count). The second kappa shape index (κ2) is 3.83. The summed E-state index contributed by atoms with van der Waals surface area (Å²) in [7, 11) is 0. The molecule has 0 radical (unpaired) electrons. The summed E-state index contributed by atoms with van der Waals surface area (Å²) in [5.74, 6) is 0. The van der Waals surface area contributed by atoms with Gasteiger partial charge in [0, 0.05) is 5.69 Å². The first-order valence-corrected chi connectivity index (χ1v) is 3.79. The van der Waals surface area contributed by atoms with Gasteiger partial charge in [-0.15, -0.1) is 0 Å². The summed E-state index contributed by atoms with van der Waals surface area (Å²) in [6.45, 7) is 4.38. The number of nitrogens with zero attached hydrogens (tertiary/aromatic N) is 2. The van der Waals surface area contributed by atoms with Crippen LogP contribution < -0.4 is 0 Å². The van der Waals surface area contributed by atoms with E-state index in [1.807, 2.05) is 13.8 Å². The number of aromatic amines is 1. The molecule has 0 unspecified atom stereocenters. The predicted molar refractivity (Wildman–Crippen MR) is 44.8 cm³/mol. The van der Waals surface area contributed by atoms with Gasteiger partial charge in [0.15, 0.2) is 0 Å². The molecule has 0 aliphatic heterocycles. The Morgan fingerprint density at radius 2 is 2.33 bits per heavy atom. The SMILES string of the molecule is Cc1n[nH]c(C)c1CCN=C=O. The molecule has 0 aromatic carbocycles. The maximum Gasteiger partial charge on any atom is 0.234 e. The summed E-state index contributed by atoms with van der Waals surface area (Å²) in [4.78, 5) is 13.3. The molecule has 0 aliphatic rings. The molecule has 0 amide bonds. The predicted octanol–water partition coefficient (Wildman–Crippen LogP) is 0.905. The van der Waals surface area contributed by atoms with Crippen molar-refractivity contribution >= 4 is 6.08 Å². The van der Waals surface area contributed by atoms with Crippen molar-refractivity contribution in [3.8, 4) is 0 Å². The fourth-order valence-electron chi connectivity index (χ4n) is 1.16. The first-order chi connectivity index (χ1) is 5.75. The van der Waals surface area contributed by atoms with E-state index >= 15 is 0 Å². The van der Waals surface area contributed by atoms with E-state index in [0.717, 1.165) is 23.4 Å². The Hall–Kier alpha value is -1.41. The Morgan fingerprint density at radius 1 is 1.58 bits per heavy atom. The topological polar surface area (TPSA) is 58.1 Å². The van der Waals surface area contributed by atoms with Gasteiger partial charge < -0.3 is 0 Å². The molecular weight excluding hydrogens is 154 g/mol. The first kappa shape index (κ1) is 8.68. The summed E-state index contributed by atoms with van der Waals surface area (Å²) < 4.78 is 0. The zero-order chi connectivity index (χ0) is 8.97. The quantitative estimate of drug-likeness (QED) is 0.534. The summed E-state index contributed by atoms with van der Waals surface area (Å²) in [6, 6.07) is 0. The van der Waals surface area contributed by atoms with Crippen LogP contribution in [0.5, 0.6) is 0 Å². The molecule has 1 aromatic heterocycles. The number of carbonyl (C=O) groups excluding carboxylic acids is 1. The molecule has 1 heterocycles. The Kier molecular flexibility index (Phi) is 2.77. The van der Waals surface area contributed by atoms with E-state index in [9.17, 15) is 4.79 Å². The second-order valence-electron chi connectivity index (χ2n) is 2.64. The van der Waals surface area contributed by atoms with Crippen LogP contribution in [0.2, 0.25) is 0 Å². The van der Waals surface area contributed by atoms with E-state index in [-0.39, 0.29) is 0 Å². The molecule has 64 valence electrons. The van der Waals surface area contributed by atoms with Gasteiger partial charge in [0.1, 0.15) is 0 Å². The average Bonchev–Trinajstić information content (AvgIpc) is 2.35. The average molecular weight is 165 g/mol. The van der Waals surface area contributed by atoms with Crippen molar-refractivity contribution in [1.82, 2.24) is 10.2 Å². The van der Waals surface area contributed by atoms with Gasteiger partial charge in [-0.25, -0.2) is 9.79 Å². The molecular formula is C8H11N3O. The number of H-pyrrole nitrogens is 1. The second-order valence-corrected chi connectivity index (χ2v) is 2.64. The molecule has 0 bridgehead atoms. The molecule has 1 aromatic rings. The highest BCUT2D eigenvalue weighted by Gasteiger charge is 2.04. The van der Waals surface area contributed by atoms with E-state index in [1.165, 1.54) is 6.08 Å². The number of isocyanates is 1. The van der Waals surface area contributed by atoms with Crippen LogP contribution in [-0.4, -0.2) is 22.8 Å². The maximum absolute atomic E-state index is 9.79. The largest absolute Gasteiger partial charge is 0.282 e. The van der Waals surface area contributed by atoms with Gasteiger partial charge >= 0.3 is 0 Å². The molecule has 0 spiro atoms. The number of hydrogen-bond donors (Lipinski definition) is 1. The minimum absolute atomic E-state index is 0.491. The van der Waals surface area contributed by atoms with Gasteiger partial charge in [-0.1, -0.05) is 0 Å². The van der Waals surface area contributed by atoms with E-state index in [0.29, 0.717) is 6.54 Å². The van der Waals surface area contributed by atoms with Gasteiger partial charge in [0.05, 0.1) is 12.2 Å². The normalized spacial score (nSPS) is 9.50. The fraction of sp³-hybridized carbons (Fsp3) is 0.500. The van der Waals surface area contributed by atoms with Crippen molar-refractivity contribution in [2.75, 3.05) is 6.54 Å². The van der Waals surface area contributed by atoms with Gasteiger partial charge in [-0.05, 0) is 25.8 Å². The van der Waals surface area contributed by atoms with Crippen molar-refractivity contribution in [3.05, 3.63) is 17.0 Å². The van der Waals surface area contributed by atoms with Gasteiger partial charge in [-0.2, -0.15) is 5.10 Å². The van der Waals surface area contributed by atoms with Crippen molar-refractivity contribution < 1.29 is 4.79 Å². The third kappa shape index (κ3) is 1.80. The van der Waals surface area contributed by atoms with E-state index < -0.39 is 0 Å². The zero-order valence-electron chi connectivity index (χ0n) is 7.22. The molecule has 0 atom stereocenters. The number of aromatic nitrogens is 2. The highest BCUT2D eigenvalue weighted by molar-refractivity contribution is 5.33. The summed E-state index contributed by atoms with van der Waals surface area (Å²) in [6.07, 6.45) is 2.27. The minimum atomic E-state index is 0.491. The zero-order valence-corrected chi connectivity index (χ0v) is 7.22. The lowest BCUT2D eigenvalue weighted by Crippen LogP contribution is -1.92. The monoisotopic (exact) mass is 165 g/mol. The highest BCUT2D eigenvalue weighted by atomic mass is 16.1.